The van der Waals surface area contributed by atoms with Crippen LogP contribution in [0, 0.1) is 5.92 Å². The van der Waals surface area contributed by atoms with Gasteiger partial charge >= 0.3 is 5.97 Å². The second-order valence-corrected chi connectivity index (χ2v) is 3.64. The molecule has 16 heavy (non-hydrogen) atoms. The molecule has 1 rings (SSSR count). The summed E-state index contributed by atoms with van der Waals surface area (Å²) in [6.07, 6.45) is 4.23. The topological polar surface area (TPSA) is 47.6 Å². The Morgan fingerprint density at radius 3 is 3.00 bits per heavy atom. The zero-order valence-electron chi connectivity index (χ0n) is 9.86. The third kappa shape index (κ3) is 3.10. The summed E-state index contributed by atoms with van der Waals surface area (Å²) < 4.78 is 10.2. The lowest BCUT2D eigenvalue weighted by molar-refractivity contribution is -0.137. The number of allylic oxidation sites excluding steroid dienone is 1. The van der Waals surface area contributed by atoms with E-state index < -0.39 is 0 Å². The van der Waals surface area contributed by atoms with E-state index in [-0.39, 0.29) is 18.0 Å². The molecule has 1 aliphatic rings. The fourth-order valence-corrected chi connectivity index (χ4v) is 1.87. The van der Waals surface area contributed by atoms with Gasteiger partial charge in [-0.2, -0.15) is 0 Å². The lowest BCUT2D eigenvalue weighted by Gasteiger charge is -2.15. The molecule has 0 radical (unpaired) electrons. The average molecular weight is 225 g/mol. The molecule has 1 saturated heterocycles. The van der Waals surface area contributed by atoms with Gasteiger partial charge in [-0.3, -0.25) is 0 Å². The van der Waals surface area contributed by atoms with Crippen molar-refractivity contribution >= 4 is 5.97 Å². The first-order valence-electron chi connectivity index (χ1n) is 5.48. The van der Waals surface area contributed by atoms with E-state index in [1.165, 1.54) is 6.08 Å². The molecule has 90 valence electrons. The molecular weight excluding hydrogens is 206 g/mol. The molecule has 0 amide bonds. The fourth-order valence-electron chi connectivity index (χ4n) is 1.87. The van der Waals surface area contributed by atoms with Gasteiger partial charge in [0.25, 0.3) is 0 Å². The molecule has 1 N–H and O–H groups in total. The zero-order chi connectivity index (χ0) is 12.0. The molecule has 4 heteroatoms. The van der Waals surface area contributed by atoms with Crippen molar-refractivity contribution in [2.45, 2.75) is 19.4 Å². The Bertz CT molecular complexity index is 286. The van der Waals surface area contributed by atoms with E-state index in [0.29, 0.717) is 6.61 Å². The van der Waals surface area contributed by atoms with E-state index in [1.807, 2.05) is 6.08 Å². The molecule has 0 saturated carbocycles. The van der Waals surface area contributed by atoms with Crippen LogP contribution < -0.4 is 5.32 Å². The van der Waals surface area contributed by atoms with Crippen molar-refractivity contribution in [2.24, 2.45) is 5.92 Å². The van der Waals surface area contributed by atoms with E-state index >= 15 is 0 Å². The fraction of sp³-hybridized carbons (Fsp3) is 0.583. The van der Waals surface area contributed by atoms with Crippen LogP contribution in [0.3, 0.4) is 0 Å². The van der Waals surface area contributed by atoms with Crippen molar-refractivity contribution in [3.8, 4) is 0 Å². The maximum absolute atomic E-state index is 11.3. The highest BCUT2D eigenvalue weighted by molar-refractivity contribution is 5.82. The Labute approximate surface area is 96.3 Å². The number of methoxy groups -OCH3 is 1. The Hall–Kier alpha value is -1.29. The van der Waals surface area contributed by atoms with Crippen molar-refractivity contribution < 1.29 is 14.3 Å². The molecule has 0 aromatic rings. The molecule has 2 atom stereocenters. The number of ether oxygens (including phenoxy) is 2. The normalized spacial score (nSPS) is 26.5. The molecule has 4 nitrogen and oxygen atoms in total. The molecule has 1 aliphatic heterocycles. The maximum Gasteiger partial charge on any atom is 0.332 e. The second kappa shape index (κ2) is 6.33. The Kier molecular flexibility index (Phi) is 5.05. The molecule has 0 aromatic carbocycles. The number of hydrogen-bond acceptors (Lipinski definition) is 4. The summed E-state index contributed by atoms with van der Waals surface area (Å²) in [4.78, 5) is 11.3. The first kappa shape index (κ1) is 12.8. The summed E-state index contributed by atoms with van der Waals surface area (Å²) in [7, 11) is 1.68. The smallest absolute Gasteiger partial charge is 0.332 e. The largest absolute Gasteiger partial charge is 0.463 e. The van der Waals surface area contributed by atoms with E-state index in [2.05, 4.69) is 11.9 Å². The highest BCUT2D eigenvalue weighted by Crippen LogP contribution is 2.25. The summed E-state index contributed by atoms with van der Waals surface area (Å²) in [6.45, 7) is 6.62. The van der Waals surface area contributed by atoms with Gasteiger partial charge < -0.3 is 14.8 Å². The molecule has 1 heterocycles. The lowest BCUT2D eigenvalue weighted by atomic mass is 9.98. The van der Waals surface area contributed by atoms with E-state index in [9.17, 15) is 4.79 Å². The number of carbonyl (C=O) groups is 1. The van der Waals surface area contributed by atoms with Crippen molar-refractivity contribution in [2.75, 3.05) is 20.3 Å². The minimum atomic E-state index is -0.309. The molecule has 0 bridgehead atoms. The van der Waals surface area contributed by atoms with Gasteiger partial charge in [0.15, 0.2) is 0 Å². The van der Waals surface area contributed by atoms with Crippen molar-refractivity contribution in [3.63, 3.8) is 0 Å². The maximum atomic E-state index is 11.3. The second-order valence-electron chi connectivity index (χ2n) is 3.64. The SMILES string of the molecule is C=CC[C@@H]1/C(=C/C(=O)OCC)NC[C@H]1OC. The number of rotatable bonds is 5. The molecule has 0 aliphatic carbocycles. The summed E-state index contributed by atoms with van der Waals surface area (Å²) >= 11 is 0. The van der Waals surface area contributed by atoms with Gasteiger partial charge in [-0.1, -0.05) is 6.08 Å². The minimum absolute atomic E-state index is 0.0960. The van der Waals surface area contributed by atoms with Gasteiger partial charge in [-0.25, -0.2) is 4.79 Å². The van der Waals surface area contributed by atoms with E-state index in [1.54, 1.807) is 14.0 Å². The van der Waals surface area contributed by atoms with Crippen LogP contribution in [0.25, 0.3) is 0 Å². The quantitative estimate of drug-likeness (QED) is 0.434. The molecule has 1 fully saturated rings. The van der Waals surface area contributed by atoms with Gasteiger partial charge in [0.2, 0.25) is 0 Å². The van der Waals surface area contributed by atoms with Crippen LogP contribution in [0.2, 0.25) is 0 Å². The zero-order valence-corrected chi connectivity index (χ0v) is 9.86. The number of nitrogens with one attached hydrogen (secondary N) is 1. The molecule has 0 spiro atoms. The van der Waals surface area contributed by atoms with Crippen LogP contribution >= 0.6 is 0 Å². The van der Waals surface area contributed by atoms with Crippen LogP contribution in [-0.4, -0.2) is 32.3 Å². The van der Waals surface area contributed by atoms with Crippen LogP contribution in [-0.2, 0) is 14.3 Å². The first-order chi connectivity index (χ1) is 7.72. The predicted molar refractivity (Wildman–Crippen MR) is 61.8 cm³/mol. The van der Waals surface area contributed by atoms with E-state index in [0.717, 1.165) is 18.7 Å². The van der Waals surface area contributed by atoms with Gasteiger partial charge in [0.05, 0.1) is 12.7 Å². The van der Waals surface area contributed by atoms with Crippen LogP contribution in [0.1, 0.15) is 13.3 Å². The summed E-state index contributed by atoms with van der Waals surface area (Å²) in [5.74, 6) is -0.136. The molecular formula is C12H19NO3. The van der Waals surface area contributed by atoms with Crippen molar-refractivity contribution in [1.82, 2.24) is 5.32 Å². The number of hydrogen-bond donors (Lipinski definition) is 1. The number of carbonyl (C=O) groups excluding carboxylic acids is 1. The van der Waals surface area contributed by atoms with Gasteiger partial charge in [-0.05, 0) is 13.3 Å². The Morgan fingerprint density at radius 2 is 2.44 bits per heavy atom. The average Bonchev–Trinajstić information content (AvgIpc) is 2.62. The van der Waals surface area contributed by atoms with Crippen LogP contribution in [0.5, 0.6) is 0 Å². The monoisotopic (exact) mass is 225 g/mol. The van der Waals surface area contributed by atoms with Gasteiger partial charge in [0, 0.05) is 31.3 Å². The van der Waals surface area contributed by atoms with E-state index in [4.69, 9.17) is 9.47 Å². The summed E-state index contributed by atoms with van der Waals surface area (Å²) in [5, 5.41) is 3.17. The minimum Gasteiger partial charge on any atom is -0.463 e. The van der Waals surface area contributed by atoms with Gasteiger partial charge in [-0.15, -0.1) is 6.58 Å². The van der Waals surface area contributed by atoms with Crippen LogP contribution in [0.4, 0.5) is 0 Å². The number of esters is 1. The highest BCUT2D eigenvalue weighted by atomic mass is 16.5. The molecule has 0 aromatic heterocycles. The lowest BCUT2D eigenvalue weighted by Crippen LogP contribution is -2.20. The Morgan fingerprint density at radius 1 is 1.69 bits per heavy atom. The van der Waals surface area contributed by atoms with Crippen molar-refractivity contribution in [3.05, 3.63) is 24.4 Å². The third-order valence-corrected chi connectivity index (χ3v) is 2.64. The first-order valence-corrected chi connectivity index (χ1v) is 5.48. The molecule has 0 unspecified atom stereocenters. The predicted octanol–water partition coefficient (Wildman–Crippen LogP) is 1.24. The standard InChI is InChI=1S/C12H19NO3/c1-4-6-9-10(7-12(14)16-5-2)13-8-11(9)15-3/h4,7,9,11,13H,1,5-6,8H2,2-3H3/b10-7-/t9-,11-/m1/s1. The van der Waals surface area contributed by atoms with Crippen LogP contribution in [0.15, 0.2) is 24.4 Å². The Balaban J connectivity index is 2.71. The summed E-state index contributed by atoms with van der Waals surface area (Å²) in [6, 6.07) is 0. The highest BCUT2D eigenvalue weighted by Gasteiger charge is 2.30. The van der Waals surface area contributed by atoms with Crippen molar-refractivity contribution in [1.29, 1.82) is 0 Å². The summed E-state index contributed by atoms with van der Waals surface area (Å²) in [5.41, 5.74) is 0.880. The van der Waals surface area contributed by atoms with Gasteiger partial charge in [0.1, 0.15) is 0 Å². The third-order valence-electron chi connectivity index (χ3n) is 2.64.